The van der Waals surface area contributed by atoms with E-state index >= 15 is 0 Å². The molecular weight excluding hydrogens is 524 g/mol. The molecule has 0 unspecified atom stereocenters. The van der Waals surface area contributed by atoms with Crippen molar-refractivity contribution in [2.24, 2.45) is 7.05 Å². The molecule has 0 aliphatic heterocycles. The third-order valence-electron chi connectivity index (χ3n) is 5.84. The third kappa shape index (κ3) is 4.46. The fourth-order valence-electron chi connectivity index (χ4n) is 4.07. The minimum atomic E-state index is -4.62. The van der Waals surface area contributed by atoms with Gasteiger partial charge in [-0.2, -0.15) is 13.5 Å². The number of pyridine rings is 1. The maximum atomic E-state index is 13.7. The summed E-state index contributed by atoms with van der Waals surface area (Å²) >= 11 is 6.49. The van der Waals surface area contributed by atoms with Crippen molar-refractivity contribution in [2.75, 3.05) is 0 Å². The van der Waals surface area contributed by atoms with Crippen LogP contribution < -0.4 is 11.1 Å². The molecule has 0 radical (unpaired) electrons. The highest BCUT2D eigenvalue weighted by atomic mass is 35.5. The van der Waals surface area contributed by atoms with Crippen molar-refractivity contribution in [1.82, 2.24) is 14.3 Å². The fraction of sp³-hybridized carbons (Fsp3) is 0.125. The second kappa shape index (κ2) is 9.39. The first-order valence-corrected chi connectivity index (χ1v) is 12.5. The largest absolute Gasteiger partial charge is 0.308 e. The van der Waals surface area contributed by atoms with Crippen LogP contribution in [-0.2, 0) is 23.7 Å². The van der Waals surface area contributed by atoms with Crippen LogP contribution in [0.15, 0.2) is 69.6 Å². The molecule has 37 heavy (non-hydrogen) atoms. The summed E-state index contributed by atoms with van der Waals surface area (Å²) < 4.78 is 35.5. The zero-order valence-electron chi connectivity index (χ0n) is 19.5. The van der Waals surface area contributed by atoms with Crippen molar-refractivity contribution in [3.05, 3.63) is 96.5 Å². The molecule has 0 spiro atoms. The molecule has 190 valence electrons. The lowest BCUT2D eigenvalue weighted by Crippen LogP contribution is -2.29. The van der Waals surface area contributed by atoms with Gasteiger partial charge in [0.15, 0.2) is 0 Å². The van der Waals surface area contributed by atoms with Gasteiger partial charge in [0.05, 0.1) is 27.3 Å². The molecule has 2 aromatic heterocycles. The van der Waals surface area contributed by atoms with Crippen molar-refractivity contribution in [1.29, 1.82) is 0 Å². The first-order valence-electron chi connectivity index (χ1n) is 10.6. The molecule has 4 rings (SSSR count). The molecule has 0 atom stereocenters. The van der Waals surface area contributed by atoms with Gasteiger partial charge in [0.1, 0.15) is 10.7 Å². The molecule has 0 aliphatic carbocycles. The lowest BCUT2D eigenvalue weighted by Gasteiger charge is -2.18. The summed E-state index contributed by atoms with van der Waals surface area (Å²) in [5, 5.41) is 15.4. The Morgan fingerprint density at radius 3 is 2.51 bits per heavy atom. The summed E-state index contributed by atoms with van der Waals surface area (Å²) in [7, 11) is -3.25. The van der Waals surface area contributed by atoms with Crippen molar-refractivity contribution in [3.8, 4) is 22.4 Å². The number of hydrogen-bond acceptors (Lipinski definition) is 7. The van der Waals surface area contributed by atoms with Gasteiger partial charge in [-0.3, -0.25) is 24.3 Å². The van der Waals surface area contributed by atoms with Gasteiger partial charge >= 0.3 is 0 Å². The molecule has 0 fully saturated rings. The number of nitrogens with zero attached hydrogens (tertiary/aromatic N) is 4. The van der Waals surface area contributed by atoms with Gasteiger partial charge in [0.2, 0.25) is 0 Å². The summed E-state index contributed by atoms with van der Waals surface area (Å²) in [5.41, 5.74) is -0.696. The Balaban J connectivity index is 2.29. The number of non-ortho nitro benzene ring substituents is 1. The number of aryl methyl sites for hydroxylation is 2. The Hall–Kier alpha value is -4.13. The Bertz CT molecular complexity index is 1860. The Labute approximate surface area is 214 Å². The van der Waals surface area contributed by atoms with Crippen LogP contribution in [0.4, 0.5) is 5.69 Å². The van der Waals surface area contributed by atoms with Crippen LogP contribution in [0, 0.1) is 17.0 Å². The Morgan fingerprint density at radius 1 is 1.19 bits per heavy atom. The molecule has 2 heterocycles. The van der Waals surface area contributed by atoms with Crippen molar-refractivity contribution in [3.63, 3.8) is 0 Å². The van der Waals surface area contributed by atoms with E-state index in [1.54, 1.807) is 13.0 Å². The van der Waals surface area contributed by atoms with Crippen LogP contribution in [0.5, 0.6) is 0 Å². The van der Waals surface area contributed by atoms with Crippen LogP contribution in [0.1, 0.15) is 5.56 Å². The topological polar surface area (TPSA) is 154 Å². The van der Waals surface area contributed by atoms with E-state index in [-0.39, 0.29) is 50.5 Å². The number of nitro benzene ring substituents is 1. The summed E-state index contributed by atoms with van der Waals surface area (Å²) in [6.07, 6.45) is 1.42. The van der Waals surface area contributed by atoms with Crippen LogP contribution in [0.25, 0.3) is 33.3 Å². The molecular formula is C24H19ClN4O7S. The standard InChI is InChI=1S/C24H19ClN4O7S/c1-4-10-28-23(30)19-18(17-12-16(37(34,35)36)9-8-13(17)2)20(25)24(31)27(3)22(19)21(26-28)14-6-5-7-15(11-14)29(32)33/h4-9,11-12H,1,10H2,2-3H3,(H,34,35,36). The zero-order valence-corrected chi connectivity index (χ0v) is 21.1. The number of allylic oxidation sites excluding steroid dienone is 1. The molecule has 13 heteroatoms. The van der Waals surface area contributed by atoms with Crippen LogP contribution in [0.2, 0.25) is 5.02 Å². The average Bonchev–Trinajstić information content (AvgIpc) is 2.84. The lowest BCUT2D eigenvalue weighted by atomic mass is 9.96. The first-order chi connectivity index (χ1) is 17.4. The number of fused-ring (bicyclic) bond motifs is 1. The molecule has 2 aromatic carbocycles. The van der Waals surface area contributed by atoms with E-state index in [1.807, 2.05) is 0 Å². The number of halogens is 1. The van der Waals surface area contributed by atoms with E-state index in [2.05, 4.69) is 11.7 Å². The third-order valence-corrected chi connectivity index (χ3v) is 7.04. The maximum Gasteiger partial charge on any atom is 0.294 e. The average molecular weight is 543 g/mol. The van der Waals surface area contributed by atoms with Gasteiger partial charge in [-0.1, -0.05) is 35.9 Å². The SMILES string of the molecule is C=CCn1nc(-c2cccc([N+](=O)[O-])c2)c2c(c(-c3cc(S(=O)(=O)O)ccc3C)c(Cl)c(=O)n2C)c1=O. The number of hydrogen-bond donors (Lipinski definition) is 1. The number of aromatic nitrogens is 3. The zero-order chi connectivity index (χ0) is 27.2. The fourth-order valence-corrected chi connectivity index (χ4v) is 4.90. The van der Waals surface area contributed by atoms with Crippen LogP contribution in [0.3, 0.4) is 0 Å². The van der Waals surface area contributed by atoms with Gasteiger partial charge in [0, 0.05) is 30.3 Å². The van der Waals surface area contributed by atoms with Gasteiger partial charge < -0.3 is 4.57 Å². The highest BCUT2D eigenvalue weighted by Crippen LogP contribution is 2.37. The van der Waals surface area contributed by atoms with Gasteiger partial charge in [0.25, 0.3) is 26.9 Å². The van der Waals surface area contributed by atoms with E-state index in [0.29, 0.717) is 5.56 Å². The molecule has 1 N–H and O–H groups in total. The summed E-state index contributed by atoms with van der Waals surface area (Å²) in [6, 6.07) is 9.24. The molecule has 0 amide bonds. The highest BCUT2D eigenvalue weighted by molar-refractivity contribution is 7.85. The molecule has 0 aliphatic rings. The van der Waals surface area contributed by atoms with Crippen molar-refractivity contribution < 1.29 is 17.9 Å². The summed E-state index contributed by atoms with van der Waals surface area (Å²) in [5.74, 6) is 0. The molecule has 0 bridgehead atoms. The van der Waals surface area contributed by atoms with E-state index < -0.39 is 31.1 Å². The highest BCUT2D eigenvalue weighted by Gasteiger charge is 2.26. The van der Waals surface area contributed by atoms with E-state index in [1.165, 1.54) is 43.5 Å². The Morgan fingerprint density at radius 2 is 1.89 bits per heavy atom. The monoisotopic (exact) mass is 542 g/mol. The van der Waals surface area contributed by atoms with Gasteiger partial charge in [-0.15, -0.1) is 6.58 Å². The van der Waals surface area contributed by atoms with Crippen molar-refractivity contribution in [2.45, 2.75) is 18.4 Å². The Kier molecular flexibility index (Phi) is 6.59. The second-order valence-corrected chi connectivity index (χ2v) is 9.96. The first kappa shape index (κ1) is 25.9. The van der Waals surface area contributed by atoms with E-state index in [0.717, 1.165) is 15.3 Å². The van der Waals surface area contributed by atoms with Crippen molar-refractivity contribution >= 4 is 38.3 Å². The van der Waals surface area contributed by atoms with E-state index in [9.17, 15) is 32.7 Å². The normalized spacial score (nSPS) is 11.6. The minimum absolute atomic E-state index is 0.0341. The predicted molar refractivity (Wildman–Crippen MR) is 139 cm³/mol. The smallest absolute Gasteiger partial charge is 0.294 e. The van der Waals surface area contributed by atoms with E-state index in [4.69, 9.17) is 11.6 Å². The number of rotatable bonds is 6. The predicted octanol–water partition coefficient (Wildman–Crippen LogP) is 3.73. The van der Waals surface area contributed by atoms with Crippen LogP contribution >= 0.6 is 11.6 Å². The molecule has 0 saturated carbocycles. The quantitative estimate of drug-likeness (QED) is 0.167. The second-order valence-electron chi connectivity index (χ2n) is 8.16. The lowest BCUT2D eigenvalue weighted by molar-refractivity contribution is -0.384. The van der Waals surface area contributed by atoms with Gasteiger partial charge in [-0.05, 0) is 30.2 Å². The molecule has 11 nitrogen and oxygen atoms in total. The summed E-state index contributed by atoms with van der Waals surface area (Å²) in [4.78, 5) is 37.3. The number of nitro groups is 1. The maximum absolute atomic E-state index is 13.7. The minimum Gasteiger partial charge on any atom is -0.308 e. The van der Waals surface area contributed by atoms with Crippen LogP contribution in [-0.4, -0.2) is 32.2 Å². The molecule has 4 aromatic rings. The molecule has 0 saturated heterocycles. The number of benzene rings is 2. The summed E-state index contributed by atoms with van der Waals surface area (Å²) in [6.45, 7) is 5.21. The van der Waals surface area contributed by atoms with Gasteiger partial charge in [-0.25, -0.2) is 4.68 Å².